The van der Waals surface area contributed by atoms with Gasteiger partial charge >= 0.3 is 6.18 Å². The van der Waals surface area contributed by atoms with Crippen LogP contribution in [-0.2, 0) is 11.0 Å². The molecule has 0 heterocycles. The minimum atomic E-state index is -4.47. The Hall–Kier alpha value is -2.50. The van der Waals surface area contributed by atoms with Crippen molar-refractivity contribution in [3.63, 3.8) is 0 Å². The van der Waals surface area contributed by atoms with Crippen LogP contribution >= 0.6 is 0 Å². The van der Waals surface area contributed by atoms with Gasteiger partial charge in [-0.25, -0.2) is 0 Å². The molecule has 0 aliphatic carbocycles. The Labute approximate surface area is 132 Å². The van der Waals surface area contributed by atoms with Crippen LogP contribution in [0.15, 0.2) is 42.5 Å². The minimum Gasteiger partial charge on any atom is -0.376 e. The Bertz CT molecular complexity index is 691. The fraction of sp³-hybridized carbons (Fsp3) is 0.235. The van der Waals surface area contributed by atoms with Crippen molar-refractivity contribution in [3.8, 4) is 0 Å². The van der Waals surface area contributed by atoms with Crippen molar-refractivity contribution in [2.45, 2.75) is 20.0 Å². The van der Waals surface area contributed by atoms with Gasteiger partial charge in [0.25, 0.3) is 0 Å². The van der Waals surface area contributed by atoms with E-state index < -0.39 is 17.6 Å². The fourth-order valence-electron chi connectivity index (χ4n) is 2.26. The first-order valence-electron chi connectivity index (χ1n) is 7.05. The molecule has 2 aromatic carbocycles. The van der Waals surface area contributed by atoms with E-state index in [9.17, 15) is 18.0 Å². The molecule has 0 spiro atoms. The highest BCUT2D eigenvalue weighted by molar-refractivity contribution is 5.95. The van der Waals surface area contributed by atoms with Gasteiger partial charge < -0.3 is 10.6 Å². The second-order valence-electron chi connectivity index (χ2n) is 5.21. The molecule has 2 aromatic rings. The van der Waals surface area contributed by atoms with Gasteiger partial charge in [0.15, 0.2) is 0 Å². The van der Waals surface area contributed by atoms with Crippen LogP contribution in [0.4, 0.5) is 24.5 Å². The van der Waals surface area contributed by atoms with Gasteiger partial charge in [-0.05, 0) is 37.1 Å². The number of rotatable bonds is 4. The third-order valence-electron chi connectivity index (χ3n) is 3.42. The van der Waals surface area contributed by atoms with Crippen molar-refractivity contribution < 1.29 is 18.0 Å². The molecule has 0 fully saturated rings. The van der Waals surface area contributed by atoms with Gasteiger partial charge in [0.05, 0.1) is 12.1 Å². The minimum absolute atomic E-state index is 0.114. The highest BCUT2D eigenvalue weighted by Crippen LogP contribution is 2.34. The molecule has 0 aromatic heterocycles. The predicted octanol–water partition coefficient (Wildman–Crippen LogP) is 4.37. The SMILES string of the molecule is Cc1cccc(C)c1NC(=O)CNc1ccccc1C(F)(F)F. The van der Waals surface area contributed by atoms with Crippen LogP contribution in [-0.4, -0.2) is 12.5 Å². The van der Waals surface area contributed by atoms with E-state index in [0.717, 1.165) is 17.2 Å². The van der Waals surface area contributed by atoms with Gasteiger partial charge in [-0.1, -0.05) is 30.3 Å². The van der Waals surface area contributed by atoms with E-state index in [1.54, 1.807) is 0 Å². The largest absolute Gasteiger partial charge is 0.418 e. The van der Waals surface area contributed by atoms with E-state index in [-0.39, 0.29) is 12.2 Å². The molecular formula is C17H17F3N2O. The Morgan fingerprint density at radius 2 is 1.61 bits per heavy atom. The summed E-state index contributed by atoms with van der Waals surface area (Å²) in [6, 6.07) is 10.7. The molecule has 0 aliphatic rings. The van der Waals surface area contributed by atoms with Gasteiger partial charge in [-0.15, -0.1) is 0 Å². The molecule has 0 unspecified atom stereocenters. The number of nitrogens with one attached hydrogen (secondary N) is 2. The Morgan fingerprint density at radius 1 is 1.00 bits per heavy atom. The van der Waals surface area contributed by atoms with Crippen molar-refractivity contribution >= 4 is 17.3 Å². The first-order valence-corrected chi connectivity index (χ1v) is 7.05. The normalized spacial score (nSPS) is 11.2. The second-order valence-corrected chi connectivity index (χ2v) is 5.21. The van der Waals surface area contributed by atoms with Gasteiger partial charge in [0.2, 0.25) is 5.91 Å². The molecule has 1 amide bonds. The Balaban J connectivity index is 2.06. The standard InChI is InChI=1S/C17H17F3N2O/c1-11-6-5-7-12(2)16(11)22-15(23)10-21-14-9-4-3-8-13(14)17(18,19)20/h3-9,21H,10H2,1-2H3,(H,22,23). The summed E-state index contributed by atoms with van der Waals surface area (Å²) >= 11 is 0. The molecule has 0 saturated carbocycles. The third kappa shape index (κ3) is 4.25. The molecule has 0 radical (unpaired) electrons. The molecule has 2 rings (SSSR count). The number of carbonyl (C=O) groups is 1. The molecule has 2 N–H and O–H groups in total. The molecular weight excluding hydrogens is 305 g/mol. The number of alkyl halides is 3. The Kier molecular flexibility index (Phi) is 4.93. The molecule has 3 nitrogen and oxygen atoms in total. The maximum atomic E-state index is 12.9. The predicted molar refractivity (Wildman–Crippen MR) is 84.5 cm³/mol. The highest BCUT2D eigenvalue weighted by atomic mass is 19.4. The van der Waals surface area contributed by atoms with E-state index in [4.69, 9.17) is 0 Å². The highest BCUT2D eigenvalue weighted by Gasteiger charge is 2.33. The second kappa shape index (κ2) is 6.73. The third-order valence-corrected chi connectivity index (χ3v) is 3.42. The first-order chi connectivity index (χ1) is 10.8. The number of benzene rings is 2. The topological polar surface area (TPSA) is 41.1 Å². The Morgan fingerprint density at radius 3 is 2.22 bits per heavy atom. The van der Waals surface area contributed by atoms with E-state index >= 15 is 0 Å². The van der Waals surface area contributed by atoms with Crippen molar-refractivity contribution in [3.05, 3.63) is 59.2 Å². The number of carbonyl (C=O) groups excluding carboxylic acids is 1. The number of anilines is 2. The van der Waals surface area contributed by atoms with E-state index in [2.05, 4.69) is 10.6 Å². The van der Waals surface area contributed by atoms with Crippen molar-refractivity contribution in [1.82, 2.24) is 0 Å². The van der Waals surface area contributed by atoms with E-state index in [1.807, 2.05) is 32.0 Å². The van der Waals surface area contributed by atoms with Crippen LogP contribution in [0.25, 0.3) is 0 Å². The van der Waals surface area contributed by atoms with Gasteiger partial charge in [0, 0.05) is 11.4 Å². The lowest BCUT2D eigenvalue weighted by Crippen LogP contribution is -2.23. The van der Waals surface area contributed by atoms with E-state index in [0.29, 0.717) is 5.69 Å². The van der Waals surface area contributed by atoms with Crippen LogP contribution in [0.2, 0.25) is 0 Å². The summed E-state index contributed by atoms with van der Waals surface area (Å²) in [4.78, 5) is 12.0. The van der Waals surface area contributed by atoms with Crippen LogP contribution in [0.5, 0.6) is 0 Å². The summed E-state index contributed by atoms with van der Waals surface area (Å²) in [5, 5.41) is 5.27. The molecule has 6 heteroatoms. The first kappa shape index (κ1) is 16.9. The summed E-state index contributed by atoms with van der Waals surface area (Å²) in [6.07, 6.45) is -4.47. The molecule has 0 bridgehead atoms. The average molecular weight is 322 g/mol. The number of amides is 1. The van der Waals surface area contributed by atoms with Gasteiger partial charge in [-0.3, -0.25) is 4.79 Å². The monoisotopic (exact) mass is 322 g/mol. The average Bonchev–Trinajstić information content (AvgIpc) is 2.48. The van der Waals surface area contributed by atoms with Crippen LogP contribution in [0.3, 0.4) is 0 Å². The summed E-state index contributed by atoms with van der Waals surface area (Å²) in [5.41, 5.74) is 1.57. The molecule has 0 atom stereocenters. The number of aryl methyl sites for hydroxylation is 2. The molecule has 0 saturated heterocycles. The van der Waals surface area contributed by atoms with Crippen molar-refractivity contribution in [2.24, 2.45) is 0 Å². The quantitative estimate of drug-likeness (QED) is 0.877. The number of para-hydroxylation sites is 2. The summed E-state index contributed by atoms with van der Waals surface area (Å²) in [5.74, 6) is -0.403. The zero-order valence-corrected chi connectivity index (χ0v) is 12.8. The van der Waals surface area contributed by atoms with Crippen LogP contribution < -0.4 is 10.6 Å². The lowest BCUT2D eigenvalue weighted by molar-refractivity contribution is -0.137. The zero-order chi connectivity index (χ0) is 17.0. The number of hydrogen-bond acceptors (Lipinski definition) is 2. The van der Waals surface area contributed by atoms with Crippen molar-refractivity contribution in [2.75, 3.05) is 17.2 Å². The lowest BCUT2D eigenvalue weighted by atomic mass is 10.1. The smallest absolute Gasteiger partial charge is 0.376 e. The maximum Gasteiger partial charge on any atom is 0.418 e. The van der Waals surface area contributed by atoms with Crippen LogP contribution in [0, 0.1) is 13.8 Å². The number of halogens is 3. The van der Waals surface area contributed by atoms with Gasteiger partial charge in [-0.2, -0.15) is 13.2 Å². The molecule has 0 aliphatic heterocycles. The summed E-state index contributed by atoms with van der Waals surface area (Å²) in [7, 11) is 0. The summed E-state index contributed by atoms with van der Waals surface area (Å²) in [6.45, 7) is 3.46. The van der Waals surface area contributed by atoms with Crippen LogP contribution in [0.1, 0.15) is 16.7 Å². The maximum absolute atomic E-state index is 12.9. The van der Waals surface area contributed by atoms with E-state index in [1.165, 1.54) is 18.2 Å². The fourth-order valence-corrected chi connectivity index (χ4v) is 2.26. The van der Waals surface area contributed by atoms with Crippen molar-refractivity contribution in [1.29, 1.82) is 0 Å². The summed E-state index contributed by atoms with van der Waals surface area (Å²) < 4.78 is 38.7. The van der Waals surface area contributed by atoms with Gasteiger partial charge in [0.1, 0.15) is 0 Å². The zero-order valence-electron chi connectivity index (χ0n) is 12.8. The number of hydrogen-bond donors (Lipinski definition) is 2. The molecule has 122 valence electrons. The lowest BCUT2D eigenvalue weighted by Gasteiger charge is -2.15. The molecule has 23 heavy (non-hydrogen) atoms.